The van der Waals surface area contributed by atoms with E-state index in [4.69, 9.17) is 4.74 Å². The minimum atomic E-state index is -0.294. The molecule has 0 atom stereocenters. The normalized spacial score (nSPS) is 9.42. The number of carbonyl (C=O) groups excluding carboxylic acids is 1. The number of hydrogen-bond acceptors (Lipinski definition) is 2. The highest BCUT2D eigenvalue weighted by atomic mass is 16.5. The van der Waals surface area contributed by atoms with Gasteiger partial charge in [0.25, 0.3) is 0 Å². The van der Waals surface area contributed by atoms with Crippen LogP contribution < -0.4 is 0 Å². The van der Waals surface area contributed by atoms with Gasteiger partial charge in [0.05, 0.1) is 12.2 Å². The molecule has 1 rings (SSSR count). The number of hydrogen-bond donors (Lipinski definition) is 0. The van der Waals surface area contributed by atoms with Crippen LogP contribution in [0.15, 0.2) is 24.3 Å². The SMILES string of the molecule is CCCOC(=O)c1[c]cccc1. The summed E-state index contributed by atoms with van der Waals surface area (Å²) in [5.74, 6) is -0.294. The third-order valence-corrected chi connectivity index (χ3v) is 1.37. The highest BCUT2D eigenvalue weighted by Gasteiger charge is 2.03. The lowest BCUT2D eigenvalue weighted by atomic mass is 10.2. The molecule has 0 N–H and O–H groups in total. The average Bonchev–Trinajstić information content (AvgIpc) is 2.15. The zero-order valence-electron chi connectivity index (χ0n) is 7.04. The first kappa shape index (κ1) is 8.78. The van der Waals surface area contributed by atoms with Gasteiger partial charge in [-0.15, -0.1) is 0 Å². The third kappa shape index (κ3) is 2.38. The van der Waals surface area contributed by atoms with Gasteiger partial charge in [0.1, 0.15) is 0 Å². The molecule has 12 heavy (non-hydrogen) atoms. The Kier molecular flexibility index (Phi) is 3.33. The fraction of sp³-hybridized carbons (Fsp3) is 0.300. The molecule has 2 heteroatoms. The van der Waals surface area contributed by atoms with Gasteiger partial charge in [-0.1, -0.05) is 25.1 Å². The molecule has 0 aliphatic carbocycles. The molecule has 2 nitrogen and oxygen atoms in total. The van der Waals surface area contributed by atoms with Crippen LogP contribution in [0.4, 0.5) is 0 Å². The first-order chi connectivity index (χ1) is 5.84. The Morgan fingerprint density at radius 3 is 3.00 bits per heavy atom. The van der Waals surface area contributed by atoms with Crippen LogP contribution in [0.5, 0.6) is 0 Å². The molecule has 0 unspecified atom stereocenters. The van der Waals surface area contributed by atoms with Crippen molar-refractivity contribution in [2.75, 3.05) is 6.61 Å². The van der Waals surface area contributed by atoms with E-state index in [1.165, 1.54) is 0 Å². The van der Waals surface area contributed by atoms with Crippen LogP contribution in [0.25, 0.3) is 0 Å². The van der Waals surface area contributed by atoms with Crippen molar-refractivity contribution in [3.63, 3.8) is 0 Å². The minimum absolute atomic E-state index is 0.294. The molecule has 0 aliphatic heterocycles. The van der Waals surface area contributed by atoms with Gasteiger partial charge in [-0.2, -0.15) is 0 Å². The second-order valence-electron chi connectivity index (χ2n) is 2.41. The summed E-state index contributed by atoms with van der Waals surface area (Å²) < 4.78 is 4.91. The van der Waals surface area contributed by atoms with Gasteiger partial charge in [0.2, 0.25) is 0 Å². The smallest absolute Gasteiger partial charge is 0.338 e. The van der Waals surface area contributed by atoms with Crippen molar-refractivity contribution in [1.82, 2.24) is 0 Å². The van der Waals surface area contributed by atoms with E-state index in [0.29, 0.717) is 12.2 Å². The number of benzene rings is 1. The van der Waals surface area contributed by atoms with Crippen molar-refractivity contribution < 1.29 is 9.53 Å². The van der Waals surface area contributed by atoms with Crippen molar-refractivity contribution in [3.05, 3.63) is 35.9 Å². The predicted octanol–water partition coefficient (Wildman–Crippen LogP) is 2.05. The van der Waals surface area contributed by atoms with Gasteiger partial charge < -0.3 is 4.74 Å². The lowest BCUT2D eigenvalue weighted by molar-refractivity contribution is 0.0504. The van der Waals surface area contributed by atoms with Crippen LogP contribution in [-0.4, -0.2) is 12.6 Å². The summed E-state index contributed by atoms with van der Waals surface area (Å²) in [5, 5.41) is 0. The van der Waals surface area contributed by atoms with E-state index in [-0.39, 0.29) is 5.97 Å². The Labute approximate surface area is 72.2 Å². The molecule has 63 valence electrons. The molecule has 0 bridgehead atoms. The lowest BCUT2D eigenvalue weighted by Gasteiger charge is -2.00. The molecule has 1 aromatic carbocycles. The van der Waals surface area contributed by atoms with Crippen molar-refractivity contribution >= 4 is 5.97 Å². The predicted molar refractivity (Wildman–Crippen MR) is 45.9 cm³/mol. The maximum absolute atomic E-state index is 11.2. The largest absolute Gasteiger partial charge is 0.462 e. The maximum atomic E-state index is 11.2. The first-order valence-electron chi connectivity index (χ1n) is 3.98. The van der Waals surface area contributed by atoms with E-state index < -0.39 is 0 Å². The van der Waals surface area contributed by atoms with Crippen molar-refractivity contribution in [2.45, 2.75) is 13.3 Å². The summed E-state index contributed by atoms with van der Waals surface area (Å²) in [5.41, 5.74) is 0.492. The van der Waals surface area contributed by atoms with Gasteiger partial charge >= 0.3 is 5.97 Å². The maximum Gasteiger partial charge on any atom is 0.338 e. The molecule has 0 aromatic heterocycles. The Hall–Kier alpha value is -1.31. The van der Waals surface area contributed by atoms with Crippen LogP contribution in [-0.2, 0) is 4.74 Å². The first-order valence-corrected chi connectivity index (χ1v) is 3.98. The fourth-order valence-corrected chi connectivity index (χ4v) is 0.793. The summed E-state index contributed by atoms with van der Waals surface area (Å²) >= 11 is 0. The minimum Gasteiger partial charge on any atom is -0.462 e. The lowest BCUT2D eigenvalue weighted by Crippen LogP contribution is -2.05. The van der Waals surface area contributed by atoms with Crippen molar-refractivity contribution in [1.29, 1.82) is 0 Å². The summed E-state index contributed by atoms with van der Waals surface area (Å²) in [4.78, 5) is 11.2. The monoisotopic (exact) mass is 163 g/mol. The third-order valence-electron chi connectivity index (χ3n) is 1.37. The highest BCUT2D eigenvalue weighted by molar-refractivity contribution is 5.88. The van der Waals surface area contributed by atoms with E-state index in [0.717, 1.165) is 6.42 Å². The molecule has 0 fully saturated rings. The van der Waals surface area contributed by atoms with Crippen LogP contribution in [0.1, 0.15) is 23.7 Å². The molecular formula is C10H11O2. The summed E-state index contributed by atoms with van der Waals surface area (Å²) in [6, 6.07) is 9.80. The number of esters is 1. The van der Waals surface area contributed by atoms with E-state index in [2.05, 4.69) is 6.07 Å². The number of carbonyl (C=O) groups is 1. The number of ether oxygens (including phenoxy) is 1. The topological polar surface area (TPSA) is 26.3 Å². The molecular weight excluding hydrogens is 152 g/mol. The highest BCUT2D eigenvalue weighted by Crippen LogP contribution is 1.99. The van der Waals surface area contributed by atoms with Crippen LogP contribution in [0.3, 0.4) is 0 Å². The molecule has 1 aromatic rings. The van der Waals surface area contributed by atoms with Crippen molar-refractivity contribution in [2.24, 2.45) is 0 Å². The second-order valence-corrected chi connectivity index (χ2v) is 2.41. The van der Waals surface area contributed by atoms with E-state index >= 15 is 0 Å². The fourth-order valence-electron chi connectivity index (χ4n) is 0.793. The molecule has 0 saturated carbocycles. The van der Waals surface area contributed by atoms with Crippen LogP contribution in [0.2, 0.25) is 0 Å². The van der Waals surface area contributed by atoms with Crippen LogP contribution >= 0.6 is 0 Å². The van der Waals surface area contributed by atoms with Gasteiger partial charge in [-0.3, -0.25) is 0 Å². The van der Waals surface area contributed by atoms with Gasteiger partial charge in [-0.05, 0) is 18.6 Å². The Balaban J connectivity index is 2.54. The Morgan fingerprint density at radius 1 is 1.58 bits per heavy atom. The zero-order valence-corrected chi connectivity index (χ0v) is 7.04. The molecule has 0 heterocycles. The standard InChI is InChI=1S/C10H11O2/c1-2-8-12-10(11)9-6-4-3-5-7-9/h3-6H,2,8H2,1H3. The van der Waals surface area contributed by atoms with Gasteiger partial charge in [0.15, 0.2) is 0 Å². The van der Waals surface area contributed by atoms with Crippen LogP contribution in [0, 0.1) is 6.07 Å². The Bertz CT molecular complexity index is 241. The van der Waals surface area contributed by atoms with E-state index in [9.17, 15) is 4.79 Å². The summed E-state index contributed by atoms with van der Waals surface area (Å²) in [7, 11) is 0. The second kappa shape index (κ2) is 4.54. The van der Waals surface area contributed by atoms with E-state index in [1.54, 1.807) is 18.2 Å². The molecule has 1 radical (unpaired) electrons. The Morgan fingerprint density at radius 2 is 2.42 bits per heavy atom. The molecule has 0 amide bonds. The molecule has 0 spiro atoms. The van der Waals surface area contributed by atoms with Gasteiger partial charge in [-0.25, -0.2) is 4.79 Å². The zero-order chi connectivity index (χ0) is 8.81. The summed E-state index contributed by atoms with van der Waals surface area (Å²) in [6.45, 7) is 2.43. The summed E-state index contributed by atoms with van der Waals surface area (Å²) in [6.07, 6.45) is 0.846. The average molecular weight is 163 g/mol. The molecule has 0 saturated heterocycles. The quantitative estimate of drug-likeness (QED) is 0.637. The van der Waals surface area contributed by atoms with E-state index in [1.807, 2.05) is 13.0 Å². The number of rotatable bonds is 3. The van der Waals surface area contributed by atoms with Crippen molar-refractivity contribution in [3.8, 4) is 0 Å². The van der Waals surface area contributed by atoms with Gasteiger partial charge in [0, 0.05) is 0 Å². The molecule has 0 aliphatic rings.